The van der Waals surface area contributed by atoms with Crippen molar-refractivity contribution in [2.45, 2.75) is 33.6 Å². The lowest BCUT2D eigenvalue weighted by Gasteiger charge is -1.85. The lowest BCUT2D eigenvalue weighted by molar-refractivity contribution is 0.864. The maximum Gasteiger partial charge on any atom is -0.00185 e. The maximum atomic E-state index is 2.29. The Morgan fingerprint density at radius 2 is 2.00 bits per heavy atom. The predicted molar refractivity (Wildman–Crippen MR) is 36.8 cm³/mol. The van der Waals surface area contributed by atoms with E-state index in [4.69, 9.17) is 0 Å². The molecule has 0 bridgehead atoms. The molecule has 1 atom stereocenters. The minimum atomic E-state index is 0.870. The molecule has 0 heteroatoms. The molecule has 0 aromatic carbocycles. The van der Waals surface area contributed by atoms with Crippen molar-refractivity contribution in [2.75, 3.05) is 0 Å². The Bertz CT molecular complexity index is 120. The van der Waals surface area contributed by atoms with E-state index in [2.05, 4.69) is 20.8 Å². The molecule has 0 saturated carbocycles. The summed E-state index contributed by atoms with van der Waals surface area (Å²) in [5, 5.41) is 0. The molecule has 0 aliphatic heterocycles. The van der Waals surface area contributed by atoms with E-state index in [-0.39, 0.29) is 0 Å². The molecule has 0 amide bonds. The molecule has 0 fully saturated rings. The highest BCUT2D eigenvalue weighted by atomic mass is 14.3. The highest BCUT2D eigenvalue weighted by molar-refractivity contribution is 5.37. The summed E-state index contributed by atoms with van der Waals surface area (Å²) in [7, 11) is 0. The molecular weight excluding hydrogens is 96.1 g/mol. The SMILES string of the molecule is CCCC1=C(C)C1C. The van der Waals surface area contributed by atoms with E-state index in [0.717, 1.165) is 5.92 Å². The van der Waals surface area contributed by atoms with Gasteiger partial charge < -0.3 is 0 Å². The van der Waals surface area contributed by atoms with Gasteiger partial charge in [0.25, 0.3) is 0 Å². The van der Waals surface area contributed by atoms with Crippen molar-refractivity contribution in [2.24, 2.45) is 5.92 Å². The summed E-state index contributed by atoms with van der Waals surface area (Å²) in [5.41, 5.74) is 3.36. The maximum absolute atomic E-state index is 2.29. The molecule has 0 aromatic heterocycles. The monoisotopic (exact) mass is 110 g/mol. The zero-order valence-electron chi connectivity index (χ0n) is 5.99. The lowest BCUT2D eigenvalue weighted by atomic mass is 10.2. The van der Waals surface area contributed by atoms with Crippen LogP contribution in [0.4, 0.5) is 0 Å². The normalized spacial score (nSPS) is 26.6. The van der Waals surface area contributed by atoms with Gasteiger partial charge in [-0.1, -0.05) is 31.4 Å². The minimum Gasteiger partial charge on any atom is -0.0666 e. The fourth-order valence-corrected chi connectivity index (χ4v) is 1.24. The molecule has 1 unspecified atom stereocenters. The molecule has 0 spiro atoms. The van der Waals surface area contributed by atoms with Crippen LogP contribution in [-0.4, -0.2) is 0 Å². The Hall–Kier alpha value is -0.260. The Kier molecular flexibility index (Phi) is 1.41. The standard InChI is InChI=1S/C8H14/c1-4-5-8-6(2)7(8)3/h6H,4-5H2,1-3H3. The zero-order chi connectivity index (χ0) is 6.15. The molecule has 0 heterocycles. The van der Waals surface area contributed by atoms with Gasteiger partial charge in [0.05, 0.1) is 0 Å². The lowest BCUT2D eigenvalue weighted by Crippen LogP contribution is -1.70. The Morgan fingerprint density at radius 3 is 2.12 bits per heavy atom. The number of hydrogen-bond donors (Lipinski definition) is 0. The van der Waals surface area contributed by atoms with Crippen LogP contribution < -0.4 is 0 Å². The molecular formula is C8H14. The molecule has 46 valence electrons. The summed E-state index contributed by atoms with van der Waals surface area (Å²) in [5.74, 6) is 0.870. The quantitative estimate of drug-likeness (QED) is 0.479. The fourth-order valence-electron chi connectivity index (χ4n) is 1.24. The molecule has 0 N–H and O–H groups in total. The molecule has 1 rings (SSSR count). The summed E-state index contributed by atoms with van der Waals surface area (Å²) in [6.07, 6.45) is 2.66. The van der Waals surface area contributed by atoms with Gasteiger partial charge in [0, 0.05) is 0 Å². The van der Waals surface area contributed by atoms with Crippen molar-refractivity contribution in [1.29, 1.82) is 0 Å². The van der Waals surface area contributed by atoms with Gasteiger partial charge in [0.1, 0.15) is 0 Å². The first-order valence-electron chi connectivity index (χ1n) is 3.47. The number of hydrogen-bond acceptors (Lipinski definition) is 0. The second-order valence-corrected chi connectivity index (χ2v) is 2.68. The van der Waals surface area contributed by atoms with Crippen LogP contribution in [0.1, 0.15) is 33.6 Å². The van der Waals surface area contributed by atoms with Crippen LogP contribution >= 0.6 is 0 Å². The van der Waals surface area contributed by atoms with Gasteiger partial charge in [-0.3, -0.25) is 0 Å². The molecule has 0 nitrogen and oxygen atoms in total. The summed E-state index contributed by atoms with van der Waals surface area (Å²) < 4.78 is 0. The highest BCUT2D eigenvalue weighted by Gasteiger charge is 2.25. The average Bonchev–Trinajstić information content (AvgIpc) is 2.25. The van der Waals surface area contributed by atoms with Crippen LogP contribution in [0, 0.1) is 5.92 Å². The Morgan fingerprint density at radius 1 is 1.50 bits per heavy atom. The molecule has 8 heavy (non-hydrogen) atoms. The van der Waals surface area contributed by atoms with Crippen molar-refractivity contribution in [1.82, 2.24) is 0 Å². The third-order valence-corrected chi connectivity index (χ3v) is 2.11. The van der Waals surface area contributed by atoms with Crippen LogP contribution in [0.2, 0.25) is 0 Å². The molecule has 0 saturated heterocycles. The van der Waals surface area contributed by atoms with E-state index in [1.165, 1.54) is 12.8 Å². The van der Waals surface area contributed by atoms with Crippen LogP contribution in [-0.2, 0) is 0 Å². The van der Waals surface area contributed by atoms with E-state index < -0.39 is 0 Å². The van der Waals surface area contributed by atoms with E-state index in [1.54, 1.807) is 11.1 Å². The van der Waals surface area contributed by atoms with Crippen molar-refractivity contribution in [3.05, 3.63) is 11.1 Å². The van der Waals surface area contributed by atoms with Gasteiger partial charge in [0.15, 0.2) is 0 Å². The summed E-state index contributed by atoms with van der Waals surface area (Å²) in [6.45, 7) is 6.78. The van der Waals surface area contributed by atoms with E-state index >= 15 is 0 Å². The largest absolute Gasteiger partial charge is 0.0666 e. The summed E-state index contributed by atoms with van der Waals surface area (Å²) in [6, 6.07) is 0. The van der Waals surface area contributed by atoms with Gasteiger partial charge >= 0.3 is 0 Å². The molecule has 0 radical (unpaired) electrons. The van der Waals surface area contributed by atoms with Gasteiger partial charge in [-0.05, 0) is 19.3 Å². The zero-order valence-corrected chi connectivity index (χ0v) is 5.99. The molecule has 1 aliphatic rings. The first-order valence-corrected chi connectivity index (χ1v) is 3.47. The third-order valence-electron chi connectivity index (χ3n) is 2.11. The Balaban J connectivity index is 2.30. The van der Waals surface area contributed by atoms with E-state index in [9.17, 15) is 0 Å². The highest BCUT2D eigenvalue weighted by Crippen LogP contribution is 2.40. The van der Waals surface area contributed by atoms with Crippen LogP contribution in [0.5, 0.6) is 0 Å². The fraction of sp³-hybridized carbons (Fsp3) is 0.750. The molecule has 1 aliphatic carbocycles. The second-order valence-electron chi connectivity index (χ2n) is 2.68. The van der Waals surface area contributed by atoms with Gasteiger partial charge in [-0.15, -0.1) is 0 Å². The van der Waals surface area contributed by atoms with Crippen molar-refractivity contribution in [3.63, 3.8) is 0 Å². The summed E-state index contributed by atoms with van der Waals surface area (Å²) in [4.78, 5) is 0. The Labute approximate surface area is 51.6 Å². The van der Waals surface area contributed by atoms with Crippen molar-refractivity contribution >= 4 is 0 Å². The van der Waals surface area contributed by atoms with Crippen molar-refractivity contribution in [3.8, 4) is 0 Å². The predicted octanol–water partition coefficient (Wildman–Crippen LogP) is 2.75. The smallest absolute Gasteiger partial charge is 0.00185 e. The topological polar surface area (TPSA) is 0 Å². The van der Waals surface area contributed by atoms with Gasteiger partial charge in [-0.25, -0.2) is 0 Å². The minimum absolute atomic E-state index is 0.870. The summed E-state index contributed by atoms with van der Waals surface area (Å²) >= 11 is 0. The van der Waals surface area contributed by atoms with Crippen LogP contribution in [0.3, 0.4) is 0 Å². The van der Waals surface area contributed by atoms with Gasteiger partial charge in [-0.2, -0.15) is 0 Å². The average molecular weight is 110 g/mol. The first kappa shape index (κ1) is 5.87. The van der Waals surface area contributed by atoms with Crippen LogP contribution in [0.15, 0.2) is 11.1 Å². The van der Waals surface area contributed by atoms with E-state index in [0.29, 0.717) is 0 Å². The molecule has 0 aromatic rings. The van der Waals surface area contributed by atoms with Crippen LogP contribution in [0.25, 0.3) is 0 Å². The van der Waals surface area contributed by atoms with Crippen molar-refractivity contribution < 1.29 is 0 Å². The first-order chi connectivity index (χ1) is 3.77. The number of allylic oxidation sites excluding steroid dienone is 2. The number of rotatable bonds is 2. The third kappa shape index (κ3) is 0.795. The van der Waals surface area contributed by atoms with E-state index in [1.807, 2.05) is 0 Å². The second kappa shape index (κ2) is 1.93. The van der Waals surface area contributed by atoms with Gasteiger partial charge in [0.2, 0.25) is 0 Å².